The zero-order valence-electron chi connectivity index (χ0n) is 14.0. The van der Waals surface area contributed by atoms with Crippen LogP contribution in [0.4, 0.5) is 8.78 Å². The Balaban J connectivity index is 1.56. The Morgan fingerprint density at radius 1 is 1.20 bits per heavy atom. The molecule has 1 aromatic heterocycles. The molecule has 0 N–H and O–H groups in total. The molecule has 0 aliphatic carbocycles. The molecular weight excluding hydrogens is 352 g/mol. The van der Waals surface area contributed by atoms with Gasteiger partial charge in [-0.15, -0.1) is 0 Å². The molecule has 1 aliphatic rings. The highest BCUT2D eigenvalue weighted by molar-refractivity contribution is 6.34. The van der Waals surface area contributed by atoms with Crippen LogP contribution in [0.3, 0.4) is 0 Å². The number of likely N-dealkylation sites (tertiary alicyclic amines) is 1. The van der Waals surface area contributed by atoms with Gasteiger partial charge in [0.25, 0.3) is 5.92 Å². The van der Waals surface area contributed by atoms with Crippen molar-refractivity contribution >= 4 is 22.5 Å². The van der Waals surface area contributed by atoms with Gasteiger partial charge in [0.15, 0.2) is 11.5 Å². The van der Waals surface area contributed by atoms with Gasteiger partial charge in [-0.2, -0.15) is 0 Å². The van der Waals surface area contributed by atoms with E-state index in [1.54, 1.807) is 19.2 Å². The van der Waals surface area contributed by atoms with Crippen molar-refractivity contribution in [3.8, 4) is 11.5 Å². The third kappa shape index (κ3) is 4.46. The molecule has 0 amide bonds. The largest absolute Gasteiger partial charge is 0.493 e. The SMILES string of the molecule is COc1cc2c(Cl)ncnc2cc1OCCCN1CCC(F)(F)CC1. The number of nitrogens with zero attached hydrogens (tertiary/aromatic N) is 3. The van der Waals surface area contributed by atoms with Crippen LogP contribution in [0.1, 0.15) is 19.3 Å². The fourth-order valence-electron chi connectivity index (χ4n) is 2.88. The van der Waals surface area contributed by atoms with Crippen molar-refractivity contribution in [2.75, 3.05) is 33.4 Å². The highest BCUT2D eigenvalue weighted by Gasteiger charge is 2.33. The summed E-state index contributed by atoms with van der Waals surface area (Å²) in [6, 6.07) is 3.52. The van der Waals surface area contributed by atoms with Crippen LogP contribution in [-0.4, -0.2) is 54.1 Å². The maximum Gasteiger partial charge on any atom is 0.250 e. The molecule has 5 nitrogen and oxygen atoms in total. The van der Waals surface area contributed by atoms with Crippen LogP contribution in [0.15, 0.2) is 18.5 Å². The highest BCUT2D eigenvalue weighted by Crippen LogP contribution is 2.34. The average Bonchev–Trinajstić information content (AvgIpc) is 2.59. The number of rotatable bonds is 6. The Bertz CT molecular complexity index is 735. The zero-order valence-corrected chi connectivity index (χ0v) is 14.7. The van der Waals surface area contributed by atoms with Crippen LogP contribution in [0.2, 0.25) is 5.15 Å². The molecule has 2 heterocycles. The maximum absolute atomic E-state index is 13.1. The zero-order chi connectivity index (χ0) is 17.9. The summed E-state index contributed by atoms with van der Waals surface area (Å²) in [4.78, 5) is 10.2. The Morgan fingerprint density at radius 2 is 1.96 bits per heavy atom. The van der Waals surface area contributed by atoms with E-state index in [1.165, 1.54) is 6.33 Å². The first-order valence-electron chi connectivity index (χ1n) is 8.20. The molecule has 3 rings (SSSR count). The van der Waals surface area contributed by atoms with E-state index < -0.39 is 5.92 Å². The van der Waals surface area contributed by atoms with Crippen LogP contribution in [0.5, 0.6) is 11.5 Å². The lowest BCUT2D eigenvalue weighted by Crippen LogP contribution is -2.40. The quantitative estimate of drug-likeness (QED) is 0.571. The molecule has 25 heavy (non-hydrogen) atoms. The lowest BCUT2D eigenvalue weighted by molar-refractivity contribution is -0.0554. The van der Waals surface area contributed by atoms with E-state index in [0.717, 1.165) is 13.0 Å². The van der Waals surface area contributed by atoms with Gasteiger partial charge in [-0.05, 0) is 12.5 Å². The second-order valence-electron chi connectivity index (χ2n) is 6.08. The number of aromatic nitrogens is 2. The van der Waals surface area contributed by atoms with Gasteiger partial charge in [-0.3, -0.25) is 0 Å². The lowest BCUT2D eigenvalue weighted by atomic mass is 10.1. The van der Waals surface area contributed by atoms with E-state index in [-0.39, 0.29) is 12.8 Å². The predicted octanol–water partition coefficient (Wildman–Crippen LogP) is 3.79. The minimum Gasteiger partial charge on any atom is -0.493 e. The van der Waals surface area contributed by atoms with Crippen LogP contribution in [0, 0.1) is 0 Å². The monoisotopic (exact) mass is 371 g/mol. The van der Waals surface area contributed by atoms with Gasteiger partial charge in [0.1, 0.15) is 11.5 Å². The minimum atomic E-state index is -2.51. The number of methoxy groups -OCH3 is 1. The van der Waals surface area contributed by atoms with Crippen molar-refractivity contribution < 1.29 is 18.3 Å². The first kappa shape index (κ1) is 18.1. The Kier molecular flexibility index (Phi) is 5.54. The molecule has 1 saturated heterocycles. The molecular formula is C17H20ClF2N3O2. The van der Waals surface area contributed by atoms with E-state index in [4.69, 9.17) is 21.1 Å². The molecule has 136 valence electrons. The number of ether oxygens (including phenoxy) is 2. The second-order valence-corrected chi connectivity index (χ2v) is 6.44. The summed E-state index contributed by atoms with van der Waals surface area (Å²) in [5.41, 5.74) is 0.675. The van der Waals surface area contributed by atoms with Crippen molar-refractivity contribution in [1.82, 2.24) is 14.9 Å². The molecule has 1 aromatic carbocycles. The van der Waals surface area contributed by atoms with Gasteiger partial charge in [0.05, 0.1) is 19.2 Å². The third-order valence-corrected chi connectivity index (χ3v) is 4.64. The average molecular weight is 372 g/mol. The highest BCUT2D eigenvalue weighted by atomic mass is 35.5. The Hall–Kier alpha value is -1.73. The van der Waals surface area contributed by atoms with Gasteiger partial charge < -0.3 is 14.4 Å². The van der Waals surface area contributed by atoms with E-state index in [1.807, 2.05) is 4.90 Å². The van der Waals surface area contributed by atoms with Gasteiger partial charge in [-0.1, -0.05) is 11.6 Å². The van der Waals surface area contributed by atoms with Gasteiger partial charge in [-0.25, -0.2) is 18.7 Å². The molecule has 0 spiro atoms. The molecule has 1 aliphatic heterocycles. The molecule has 0 bridgehead atoms. The summed E-state index contributed by atoms with van der Waals surface area (Å²) in [5.74, 6) is -1.37. The van der Waals surface area contributed by atoms with Crippen LogP contribution in [0.25, 0.3) is 10.9 Å². The van der Waals surface area contributed by atoms with Crippen molar-refractivity contribution in [1.29, 1.82) is 0 Å². The fraction of sp³-hybridized carbons (Fsp3) is 0.529. The number of hydrogen-bond donors (Lipinski definition) is 0. The topological polar surface area (TPSA) is 47.5 Å². The first-order valence-corrected chi connectivity index (χ1v) is 8.57. The second kappa shape index (κ2) is 7.66. The summed E-state index contributed by atoms with van der Waals surface area (Å²) < 4.78 is 37.4. The molecule has 1 fully saturated rings. The lowest BCUT2D eigenvalue weighted by Gasteiger charge is -2.31. The standard InChI is InChI=1S/C17H20ClF2N3O2/c1-24-14-9-12-13(21-11-22-16(12)18)10-15(14)25-8-2-5-23-6-3-17(19,20)4-7-23/h9-11H,2-8H2,1H3. The number of piperidine rings is 1. The van der Waals surface area contributed by atoms with Gasteiger partial charge in [0.2, 0.25) is 0 Å². The van der Waals surface area contributed by atoms with Gasteiger partial charge in [0, 0.05) is 43.9 Å². The summed E-state index contributed by atoms with van der Waals surface area (Å²) in [5, 5.41) is 1.05. The van der Waals surface area contributed by atoms with Crippen molar-refractivity contribution in [3.63, 3.8) is 0 Å². The Labute approximate surface area is 149 Å². The number of halogens is 3. The molecule has 0 unspecified atom stereocenters. The first-order chi connectivity index (χ1) is 12.0. The number of hydrogen-bond acceptors (Lipinski definition) is 5. The number of alkyl halides is 2. The van der Waals surface area contributed by atoms with E-state index in [9.17, 15) is 8.78 Å². The van der Waals surface area contributed by atoms with Crippen molar-refractivity contribution in [2.45, 2.75) is 25.2 Å². The normalized spacial score (nSPS) is 17.6. The Morgan fingerprint density at radius 3 is 2.68 bits per heavy atom. The fourth-order valence-corrected chi connectivity index (χ4v) is 3.07. The smallest absolute Gasteiger partial charge is 0.250 e. The molecule has 2 aromatic rings. The predicted molar refractivity (Wildman–Crippen MR) is 91.8 cm³/mol. The molecule has 0 atom stereocenters. The summed E-state index contributed by atoms with van der Waals surface area (Å²) in [6.07, 6.45) is 2.02. The maximum atomic E-state index is 13.1. The molecule has 0 radical (unpaired) electrons. The van der Waals surface area contributed by atoms with Crippen molar-refractivity contribution in [3.05, 3.63) is 23.6 Å². The van der Waals surface area contributed by atoms with Crippen LogP contribution >= 0.6 is 11.6 Å². The molecule has 0 saturated carbocycles. The summed E-state index contributed by atoms with van der Waals surface area (Å²) in [7, 11) is 1.56. The van der Waals surface area contributed by atoms with E-state index in [0.29, 0.717) is 47.3 Å². The van der Waals surface area contributed by atoms with E-state index >= 15 is 0 Å². The minimum absolute atomic E-state index is 0.0627. The van der Waals surface area contributed by atoms with Crippen molar-refractivity contribution in [2.24, 2.45) is 0 Å². The summed E-state index contributed by atoms with van der Waals surface area (Å²) >= 11 is 6.06. The molecule has 8 heteroatoms. The summed E-state index contributed by atoms with van der Waals surface area (Å²) in [6.45, 7) is 2.07. The van der Waals surface area contributed by atoms with Gasteiger partial charge >= 0.3 is 0 Å². The van der Waals surface area contributed by atoms with E-state index in [2.05, 4.69) is 9.97 Å². The van der Waals surface area contributed by atoms with Crippen LogP contribution in [-0.2, 0) is 0 Å². The number of benzene rings is 1. The number of fused-ring (bicyclic) bond motifs is 1. The van der Waals surface area contributed by atoms with Crippen LogP contribution < -0.4 is 9.47 Å². The third-order valence-electron chi connectivity index (χ3n) is 4.34.